The summed E-state index contributed by atoms with van der Waals surface area (Å²) in [5.41, 5.74) is 2.12. The number of sulfonamides is 1. The van der Waals surface area contributed by atoms with E-state index in [4.69, 9.17) is 4.74 Å². The molecule has 0 radical (unpaired) electrons. The van der Waals surface area contributed by atoms with E-state index in [1.807, 2.05) is 43.3 Å². The Bertz CT molecular complexity index is 859. The van der Waals surface area contributed by atoms with E-state index in [-0.39, 0.29) is 6.04 Å². The Morgan fingerprint density at radius 1 is 1.00 bits per heavy atom. The molecule has 0 aromatic heterocycles. The number of hydrogen-bond donors (Lipinski definition) is 1. The van der Waals surface area contributed by atoms with E-state index in [1.54, 1.807) is 19.2 Å². The first-order valence-electron chi connectivity index (χ1n) is 9.52. The fourth-order valence-corrected chi connectivity index (χ4v) is 4.45. The van der Waals surface area contributed by atoms with Crippen molar-refractivity contribution >= 4 is 10.0 Å². The Balaban J connectivity index is 1.79. The maximum Gasteiger partial charge on any atom is 0.240 e. The summed E-state index contributed by atoms with van der Waals surface area (Å²) < 4.78 is 33.6. The number of nitrogens with one attached hydrogen (secondary N) is 1. The predicted molar refractivity (Wildman–Crippen MR) is 111 cm³/mol. The molecule has 0 saturated carbocycles. The summed E-state index contributed by atoms with van der Waals surface area (Å²) in [6.07, 6.45) is 0. The first kappa shape index (κ1) is 20.8. The number of ether oxygens (including phenoxy) is 1. The molecule has 1 aliphatic heterocycles. The summed E-state index contributed by atoms with van der Waals surface area (Å²) in [6.45, 7) is 6.01. The van der Waals surface area contributed by atoms with E-state index in [9.17, 15) is 8.42 Å². The number of likely N-dealkylation sites (N-methyl/N-ethyl adjacent to an activating group) is 1. The Labute approximate surface area is 168 Å². The number of benzene rings is 2. The van der Waals surface area contributed by atoms with Gasteiger partial charge in [0.25, 0.3) is 0 Å². The van der Waals surface area contributed by atoms with Gasteiger partial charge in [-0.2, -0.15) is 0 Å². The third kappa shape index (κ3) is 5.11. The molecule has 1 aliphatic rings. The van der Waals surface area contributed by atoms with Crippen LogP contribution in [0.5, 0.6) is 5.75 Å². The first-order valence-corrected chi connectivity index (χ1v) is 11.0. The predicted octanol–water partition coefficient (Wildman–Crippen LogP) is 2.27. The highest BCUT2D eigenvalue weighted by Gasteiger charge is 2.26. The van der Waals surface area contributed by atoms with Gasteiger partial charge in [0.15, 0.2) is 0 Å². The molecule has 7 heteroatoms. The summed E-state index contributed by atoms with van der Waals surface area (Å²) in [6, 6.07) is 14.8. The number of methoxy groups -OCH3 is 1. The van der Waals surface area contributed by atoms with Crippen LogP contribution in [0.1, 0.15) is 17.2 Å². The lowest BCUT2D eigenvalue weighted by Gasteiger charge is -2.38. The second-order valence-electron chi connectivity index (χ2n) is 7.29. The van der Waals surface area contributed by atoms with Crippen LogP contribution in [0.15, 0.2) is 53.4 Å². The second-order valence-corrected chi connectivity index (χ2v) is 9.06. The SMILES string of the molecule is COc1ccc([C@H](CNS(=O)(=O)c2ccc(C)cc2)N2CCN(C)CC2)cc1. The molecule has 28 heavy (non-hydrogen) atoms. The molecule has 0 aliphatic carbocycles. The van der Waals surface area contributed by atoms with Crippen molar-refractivity contribution < 1.29 is 13.2 Å². The van der Waals surface area contributed by atoms with Gasteiger partial charge < -0.3 is 9.64 Å². The highest BCUT2D eigenvalue weighted by Crippen LogP contribution is 2.24. The smallest absolute Gasteiger partial charge is 0.240 e. The van der Waals surface area contributed by atoms with E-state index >= 15 is 0 Å². The second kappa shape index (κ2) is 9.05. The standard InChI is InChI=1S/C21H29N3O3S/c1-17-4-10-20(11-5-17)28(25,26)22-16-21(24-14-12-23(2)13-15-24)18-6-8-19(27-3)9-7-18/h4-11,21-22H,12-16H2,1-3H3/t21-/m0/s1. The summed E-state index contributed by atoms with van der Waals surface area (Å²) in [4.78, 5) is 4.93. The molecular weight excluding hydrogens is 374 g/mol. The average Bonchev–Trinajstić information content (AvgIpc) is 2.70. The quantitative estimate of drug-likeness (QED) is 0.769. The molecular formula is C21H29N3O3S. The summed E-state index contributed by atoms with van der Waals surface area (Å²) in [5, 5.41) is 0. The zero-order valence-electron chi connectivity index (χ0n) is 16.8. The van der Waals surface area contributed by atoms with E-state index in [2.05, 4.69) is 21.6 Å². The van der Waals surface area contributed by atoms with Gasteiger partial charge in [0.2, 0.25) is 10.0 Å². The minimum absolute atomic E-state index is 0.0279. The van der Waals surface area contributed by atoms with Gasteiger partial charge in [-0.15, -0.1) is 0 Å². The molecule has 0 bridgehead atoms. The molecule has 2 aromatic rings. The Hall–Kier alpha value is -1.93. The lowest BCUT2D eigenvalue weighted by molar-refractivity contribution is 0.113. The van der Waals surface area contributed by atoms with Gasteiger partial charge in [-0.3, -0.25) is 4.90 Å². The number of nitrogens with zero attached hydrogens (tertiary/aromatic N) is 2. The summed E-state index contributed by atoms with van der Waals surface area (Å²) in [7, 11) is 0.198. The molecule has 6 nitrogen and oxygen atoms in total. The van der Waals surface area contributed by atoms with Crippen LogP contribution in [0.3, 0.4) is 0 Å². The molecule has 1 saturated heterocycles. The number of aryl methyl sites for hydroxylation is 1. The Kier molecular flexibility index (Phi) is 6.72. The van der Waals surface area contributed by atoms with E-state index in [1.165, 1.54) is 0 Å². The van der Waals surface area contributed by atoms with Crippen LogP contribution < -0.4 is 9.46 Å². The normalized spacial score (nSPS) is 17.4. The van der Waals surface area contributed by atoms with Crippen molar-refractivity contribution in [2.75, 3.05) is 46.9 Å². The summed E-state index contributed by atoms with van der Waals surface area (Å²) >= 11 is 0. The van der Waals surface area contributed by atoms with Crippen molar-refractivity contribution in [3.63, 3.8) is 0 Å². The Morgan fingerprint density at radius 2 is 1.61 bits per heavy atom. The van der Waals surface area contributed by atoms with E-state index in [0.29, 0.717) is 11.4 Å². The maximum absolute atomic E-state index is 12.8. The van der Waals surface area contributed by atoms with Crippen LogP contribution in [0.2, 0.25) is 0 Å². The zero-order valence-corrected chi connectivity index (χ0v) is 17.6. The van der Waals surface area contributed by atoms with Gasteiger partial charge in [0.05, 0.1) is 12.0 Å². The fourth-order valence-electron chi connectivity index (χ4n) is 3.41. The minimum atomic E-state index is -3.55. The van der Waals surface area contributed by atoms with Crippen molar-refractivity contribution in [2.45, 2.75) is 17.9 Å². The van der Waals surface area contributed by atoms with E-state index < -0.39 is 10.0 Å². The van der Waals surface area contributed by atoms with Crippen LogP contribution in [0.4, 0.5) is 0 Å². The highest BCUT2D eigenvalue weighted by atomic mass is 32.2. The lowest BCUT2D eigenvalue weighted by atomic mass is 10.0. The van der Waals surface area contributed by atoms with Crippen molar-refractivity contribution in [2.24, 2.45) is 0 Å². The van der Waals surface area contributed by atoms with E-state index in [0.717, 1.165) is 43.1 Å². The molecule has 1 N–H and O–H groups in total. The van der Waals surface area contributed by atoms with Crippen LogP contribution in [-0.2, 0) is 10.0 Å². The topological polar surface area (TPSA) is 61.9 Å². The highest BCUT2D eigenvalue weighted by molar-refractivity contribution is 7.89. The van der Waals surface area contributed by atoms with Gasteiger partial charge in [-0.25, -0.2) is 13.1 Å². The van der Waals surface area contributed by atoms with Gasteiger partial charge in [-0.1, -0.05) is 29.8 Å². The summed E-state index contributed by atoms with van der Waals surface area (Å²) in [5.74, 6) is 0.793. The van der Waals surface area contributed by atoms with Crippen LogP contribution in [0, 0.1) is 6.92 Å². The third-order valence-corrected chi connectivity index (χ3v) is 6.72. The van der Waals surface area contributed by atoms with Crippen molar-refractivity contribution in [3.05, 3.63) is 59.7 Å². The molecule has 1 heterocycles. The van der Waals surface area contributed by atoms with Crippen LogP contribution >= 0.6 is 0 Å². The molecule has 3 rings (SSSR count). The Morgan fingerprint density at radius 3 is 2.18 bits per heavy atom. The van der Waals surface area contributed by atoms with Gasteiger partial charge in [0.1, 0.15) is 5.75 Å². The maximum atomic E-state index is 12.8. The monoisotopic (exact) mass is 403 g/mol. The van der Waals surface area contributed by atoms with Crippen molar-refractivity contribution in [1.29, 1.82) is 0 Å². The molecule has 1 atom stereocenters. The molecule has 0 amide bonds. The van der Waals surface area contributed by atoms with Gasteiger partial charge in [-0.05, 0) is 43.8 Å². The van der Waals surface area contributed by atoms with Gasteiger partial charge in [0, 0.05) is 38.8 Å². The molecule has 2 aromatic carbocycles. The van der Waals surface area contributed by atoms with Crippen LogP contribution in [-0.4, -0.2) is 65.1 Å². The van der Waals surface area contributed by atoms with Crippen molar-refractivity contribution in [1.82, 2.24) is 14.5 Å². The molecule has 1 fully saturated rings. The van der Waals surface area contributed by atoms with Crippen molar-refractivity contribution in [3.8, 4) is 5.75 Å². The molecule has 0 spiro atoms. The lowest BCUT2D eigenvalue weighted by Crippen LogP contribution is -2.48. The van der Waals surface area contributed by atoms with Crippen LogP contribution in [0.25, 0.3) is 0 Å². The minimum Gasteiger partial charge on any atom is -0.497 e. The third-order valence-electron chi connectivity index (χ3n) is 5.28. The fraction of sp³-hybridized carbons (Fsp3) is 0.429. The number of rotatable bonds is 7. The molecule has 0 unspecified atom stereocenters. The largest absolute Gasteiger partial charge is 0.497 e. The number of hydrogen-bond acceptors (Lipinski definition) is 5. The molecule has 152 valence electrons. The zero-order chi connectivity index (χ0) is 20.1. The number of piperazine rings is 1. The van der Waals surface area contributed by atoms with Gasteiger partial charge >= 0.3 is 0 Å². The first-order chi connectivity index (χ1) is 13.4. The average molecular weight is 404 g/mol.